The van der Waals surface area contributed by atoms with Crippen LogP contribution in [-0.2, 0) is 21.9 Å². The van der Waals surface area contributed by atoms with Crippen LogP contribution in [0.2, 0.25) is 0 Å². The van der Waals surface area contributed by atoms with Gasteiger partial charge in [0, 0.05) is 16.5 Å². The molecule has 0 spiro atoms. The summed E-state index contributed by atoms with van der Waals surface area (Å²) >= 11 is 0. The molecule has 0 amide bonds. The second kappa shape index (κ2) is 13.9. The summed E-state index contributed by atoms with van der Waals surface area (Å²) < 4.78 is 8.72. The van der Waals surface area contributed by atoms with E-state index in [0.29, 0.717) is 0 Å². The largest absolute Gasteiger partial charge is 0.290 e. The minimum absolute atomic E-state index is 0.0223. The summed E-state index contributed by atoms with van der Waals surface area (Å²) in [6.07, 6.45) is 22.1. The minimum atomic E-state index is -0.838. The lowest BCUT2D eigenvalue weighted by Gasteiger charge is -2.25. The molecule has 0 fully saturated rings. The zero-order chi connectivity index (χ0) is 24.3. The summed E-state index contributed by atoms with van der Waals surface area (Å²) in [6.45, 7) is 6.10. The molecule has 1 aromatic carbocycles. The molecule has 0 bridgehead atoms. The summed E-state index contributed by atoms with van der Waals surface area (Å²) in [6, 6.07) is 6.40. The normalized spacial score (nSPS) is 17.4. The molecule has 1 aliphatic carbocycles. The van der Waals surface area contributed by atoms with Gasteiger partial charge in [-0.3, -0.25) is 9.57 Å². The number of benzene rings is 1. The van der Waals surface area contributed by atoms with E-state index >= 15 is 0 Å². The van der Waals surface area contributed by atoms with Crippen LogP contribution in [-0.4, -0.2) is 11.5 Å². The Balaban J connectivity index is 1.35. The third kappa shape index (κ3) is 7.34. The molecule has 1 aliphatic heterocycles. The van der Waals surface area contributed by atoms with E-state index in [0.717, 1.165) is 38.8 Å². The molecular formula is C30H44N2OS. The highest BCUT2D eigenvalue weighted by Crippen LogP contribution is 2.37. The number of carbonyl (C=O) groups is 1. The number of fused-ring (bicyclic) bond motifs is 2. The van der Waals surface area contributed by atoms with Crippen molar-refractivity contribution in [3.05, 3.63) is 45.9 Å². The van der Waals surface area contributed by atoms with Crippen molar-refractivity contribution in [3.63, 3.8) is 0 Å². The van der Waals surface area contributed by atoms with Crippen molar-refractivity contribution in [2.45, 2.75) is 122 Å². The van der Waals surface area contributed by atoms with Gasteiger partial charge in [0.05, 0.1) is 16.3 Å². The van der Waals surface area contributed by atoms with Crippen molar-refractivity contribution in [1.82, 2.24) is 0 Å². The van der Waals surface area contributed by atoms with E-state index in [2.05, 4.69) is 25.1 Å². The number of allylic oxidation sites excluding steroid dienone is 4. The summed E-state index contributed by atoms with van der Waals surface area (Å²) in [4.78, 5) is 18.8. The van der Waals surface area contributed by atoms with Crippen LogP contribution in [0.25, 0.3) is 0 Å². The lowest BCUT2D eigenvalue weighted by molar-refractivity contribution is -0.111. The fraction of sp³-hybridized carbons (Fsp3) is 0.600. The van der Waals surface area contributed by atoms with Crippen LogP contribution >= 0.6 is 0 Å². The van der Waals surface area contributed by atoms with Crippen LogP contribution in [0.3, 0.4) is 0 Å². The van der Waals surface area contributed by atoms with E-state index in [1.54, 1.807) is 6.08 Å². The molecule has 1 atom stereocenters. The predicted octanol–water partition coefficient (Wildman–Crippen LogP) is 9.34. The number of aryl methyl sites for hydroxylation is 1. The van der Waals surface area contributed by atoms with Crippen LogP contribution in [0.4, 0.5) is 5.69 Å². The topological polar surface area (TPSA) is 53.3 Å². The zero-order valence-electron chi connectivity index (χ0n) is 21.7. The van der Waals surface area contributed by atoms with Crippen molar-refractivity contribution in [2.24, 2.45) is 4.99 Å². The molecule has 34 heavy (non-hydrogen) atoms. The lowest BCUT2D eigenvalue weighted by Crippen LogP contribution is -2.21. The maximum Gasteiger partial charge on any atom is 0.183 e. The van der Waals surface area contributed by atoms with Crippen molar-refractivity contribution in [3.8, 4) is 0 Å². The smallest absolute Gasteiger partial charge is 0.183 e. The molecule has 186 valence electrons. The monoisotopic (exact) mass is 480 g/mol. The average Bonchev–Trinajstić information content (AvgIpc) is 2.84. The molecule has 1 aromatic rings. The van der Waals surface area contributed by atoms with Gasteiger partial charge in [-0.25, -0.2) is 4.99 Å². The maximum absolute atomic E-state index is 12.2. The molecule has 4 heteroatoms. The second-order valence-corrected chi connectivity index (χ2v) is 11.5. The first kappa shape index (κ1) is 26.8. The van der Waals surface area contributed by atoms with Crippen molar-refractivity contribution < 1.29 is 4.79 Å². The Morgan fingerprint density at radius 2 is 1.35 bits per heavy atom. The number of carbonyl (C=O) groups excluding carboxylic acids is 1. The van der Waals surface area contributed by atoms with E-state index in [4.69, 9.17) is 9.77 Å². The number of rotatable bonds is 15. The predicted molar refractivity (Wildman–Crippen MR) is 147 cm³/mol. The number of aliphatic imine (C=N–C) groups is 1. The van der Waals surface area contributed by atoms with E-state index in [1.165, 1.54) is 95.5 Å². The van der Waals surface area contributed by atoms with Gasteiger partial charge in [0.25, 0.3) is 0 Å². The number of unbranched alkanes of at least 4 members (excludes halogenated alkanes) is 13. The molecule has 3 nitrogen and oxygen atoms in total. The number of hydrogen-bond acceptors (Lipinski definition) is 3. The Morgan fingerprint density at radius 1 is 0.794 bits per heavy atom. The first-order chi connectivity index (χ1) is 16.5. The fourth-order valence-electron chi connectivity index (χ4n) is 4.88. The van der Waals surface area contributed by atoms with Gasteiger partial charge in [0.2, 0.25) is 0 Å². The van der Waals surface area contributed by atoms with Crippen molar-refractivity contribution in [1.29, 1.82) is 4.78 Å². The van der Waals surface area contributed by atoms with Crippen LogP contribution in [0, 0.1) is 4.78 Å². The number of hydrogen-bond donors (Lipinski definition) is 1. The highest BCUT2D eigenvalue weighted by molar-refractivity contribution is 7.91. The fourth-order valence-corrected chi connectivity index (χ4v) is 6.25. The molecule has 3 rings (SSSR count). The Kier molecular flexibility index (Phi) is 11.0. The van der Waals surface area contributed by atoms with Gasteiger partial charge in [-0.05, 0) is 60.6 Å². The quantitative estimate of drug-likeness (QED) is 0.197. The van der Waals surface area contributed by atoms with E-state index in [9.17, 15) is 4.79 Å². The molecule has 0 aromatic heterocycles. The van der Waals surface area contributed by atoms with E-state index < -0.39 is 10.7 Å². The van der Waals surface area contributed by atoms with Crippen LogP contribution in [0.15, 0.2) is 50.2 Å². The number of nitrogens with one attached hydrogen (secondary N) is 1. The summed E-state index contributed by atoms with van der Waals surface area (Å²) in [5.41, 5.74) is 4.76. The van der Waals surface area contributed by atoms with Crippen LogP contribution in [0.1, 0.15) is 116 Å². The minimum Gasteiger partial charge on any atom is -0.290 e. The van der Waals surface area contributed by atoms with Gasteiger partial charge in [-0.15, -0.1) is 0 Å². The standard InChI is InChI=1S/C30H44N2OS/c1-4-5-6-7-8-9-10-11-12-13-14-15-16-17-18-25-19-20-28-26(21-25)32-30-24(3)23(2)27(33)22-29(30)34(28)31/h19-22,31H,4-18H2,1-3H3. The Labute approximate surface area is 210 Å². The van der Waals surface area contributed by atoms with Gasteiger partial charge in [-0.2, -0.15) is 0 Å². The highest BCUT2D eigenvalue weighted by Gasteiger charge is 2.28. The van der Waals surface area contributed by atoms with Gasteiger partial charge >= 0.3 is 0 Å². The summed E-state index contributed by atoms with van der Waals surface area (Å²) in [5, 5.41) is 0. The molecule has 1 N–H and O–H groups in total. The molecule has 2 aliphatic rings. The molecule has 1 unspecified atom stereocenters. The van der Waals surface area contributed by atoms with Gasteiger partial charge in [0.15, 0.2) is 5.78 Å². The third-order valence-corrected chi connectivity index (χ3v) is 8.83. The third-order valence-electron chi connectivity index (χ3n) is 7.30. The number of ketones is 1. The highest BCUT2D eigenvalue weighted by atomic mass is 32.2. The second-order valence-electron chi connectivity index (χ2n) is 10.0. The van der Waals surface area contributed by atoms with Crippen LogP contribution < -0.4 is 0 Å². The van der Waals surface area contributed by atoms with Gasteiger partial charge < -0.3 is 0 Å². The Bertz CT molecular complexity index is 970. The average molecular weight is 481 g/mol. The molecule has 1 heterocycles. The zero-order valence-corrected chi connectivity index (χ0v) is 22.5. The molecule has 0 saturated carbocycles. The van der Waals surface area contributed by atoms with Crippen molar-refractivity contribution >= 4 is 27.9 Å². The Hall–Kier alpha value is -1.81. The first-order valence-corrected chi connectivity index (χ1v) is 14.9. The van der Waals surface area contributed by atoms with E-state index in [1.807, 2.05) is 13.8 Å². The molecular weight excluding hydrogens is 436 g/mol. The SMILES string of the molecule is CCCCCCCCCCCCCCCCc1ccc2c(c1)N=C1C(=CC(=O)C(C)=C1C)S2=N. The van der Waals surface area contributed by atoms with Gasteiger partial charge in [0.1, 0.15) is 0 Å². The maximum atomic E-state index is 12.2. The van der Waals surface area contributed by atoms with Gasteiger partial charge in [-0.1, -0.05) is 96.5 Å². The van der Waals surface area contributed by atoms with Crippen molar-refractivity contribution in [2.75, 3.05) is 0 Å². The Morgan fingerprint density at radius 3 is 1.94 bits per heavy atom. The summed E-state index contributed by atoms with van der Waals surface area (Å²) in [7, 11) is -0.838. The molecule has 0 radical (unpaired) electrons. The molecule has 0 saturated heterocycles. The number of nitrogens with zero attached hydrogens (tertiary/aromatic N) is 1. The summed E-state index contributed by atoms with van der Waals surface area (Å²) in [5.74, 6) is 0.0223. The lowest BCUT2D eigenvalue weighted by atomic mass is 9.96. The first-order valence-electron chi connectivity index (χ1n) is 13.6. The van der Waals surface area contributed by atoms with E-state index in [-0.39, 0.29) is 5.78 Å². The van der Waals surface area contributed by atoms with Crippen LogP contribution in [0.5, 0.6) is 0 Å².